The fourth-order valence-corrected chi connectivity index (χ4v) is 2.70. The smallest absolute Gasteiger partial charge is 0.251 e. The van der Waals surface area contributed by atoms with E-state index in [0.717, 1.165) is 0 Å². The molecule has 0 fully saturated rings. The standard InChI is InChI=1S/C15H16N2O4S/c1-21-15-8-7-13(9-14(15)18)10-16-17-22(19,20)11-12-5-3-2-4-6-12/h2-10,17-18H,11H2,1H3/b16-10+. The first-order valence-corrected chi connectivity index (χ1v) is 8.09. The van der Waals surface area contributed by atoms with Crippen molar-refractivity contribution in [3.8, 4) is 11.5 Å². The first-order valence-electron chi connectivity index (χ1n) is 6.43. The maximum absolute atomic E-state index is 11.9. The van der Waals surface area contributed by atoms with Crippen LogP contribution in [0.15, 0.2) is 53.6 Å². The molecule has 0 unspecified atom stereocenters. The quantitative estimate of drug-likeness (QED) is 0.628. The van der Waals surface area contributed by atoms with Gasteiger partial charge in [-0.15, -0.1) is 0 Å². The highest BCUT2D eigenvalue weighted by Gasteiger charge is 2.09. The number of methoxy groups -OCH3 is 1. The van der Waals surface area contributed by atoms with E-state index < -0.39 is 10.0 Å². The van der Waals surface area contributed by atoms with E-state index in [9.17, 15) is 13.5 Å². The van der Waals surface area contributed by atoms with Crippen LogP contribution in [-0.2, 0) is 15.8 Å². The van der Waals surface area contributed by atoms with Crippen molar-refractivity contribution in [1.29, 1.82) is 0 Å². The highest BCUT2D eigenvalue weighted by molar-refractivity contribution is 7.88. The van der Waals surface area contributed by atoms with Crippen LogP contribution in [-0.4, -0.2) is 26.8 Å². The molecule has 116 valence electrons. The number of rotatable bonds is 6. The van der Waals surface area contributed by atoms with E-state index in [1.165, 1.54) is 19.4 Å². The van der Waals surface area contributed by atoms with Gasteiger partial charge in [0, 0.05) is 0 Å². The number of hydrogen-bond donors (Lipinski definition) is 2. The SMILES string of the molecule is COc1ccc(/C=N/NS(=O)(=O)Cc2ccccc2)cc1O. The summed E-state index contributed by atoms with van der Waals surface area (Å²) in [6, 6.07) is 13.5. The summed E-state index contributed by atoms with van der Waals surface area (Å²) in [6.45, 7) is 0. The Balaban J connectivity index is 2.01. The lowest BCUT2D eigenvalue weighted by molar-refractivity contribution is 0.373. The van der Waals surface area contributed by atoms with Crippen LogP contribution in [0, 0.1) is 0 Å². The van der Waals surface area contributed by atoms with E-state index in [2.05, 4.69) is 9.93 Å². The van der Waals surface area contributed by atoms with Crippen LogP contribution in [0.1, 0.15) is 11.1 Å². The average Bonchev–Trinajstić information content (AvgIpc) is 2.48. The zero-order chi connectivity index (χ0) is 16.0. The fraction of sp³-hybridized carbons (Fsp3) is 0.133. The van der Waals surface area contributed by atoms with E-state index in [1.54, 1.807) is 36.4 Å². The van der Waals surface area contributed by atoms with Gasteiger partial charge in [-0.3, -0.25) is 0 Å². The minimum atomic E-state index is -3.56. The lowest BCUT2D eigenvalue weighted by atomic mass is 10.2. The van der Waals surface area contributed by atoms with Gasteiger partial charge in [0.15, 0.2) is 11.5 Å². The Bertz CT molecular complexity index is 758. The van der Waals surface area contributed by atoms with Crippen molar-refractivity contribution in [2.45, 2.75) is 5.75 Å². The zero-order valence-electron chi connectivity index (χ0n) is 11.9. The Morgan fingerprint density at radius 3 is 2.59 bits per heavy atom. The molecular weight excluding hydrogens is 304 g/mol. The predicted molar refractivity (Wildman–Crippen MR) is 84.5 cm³/mol. The van der Waals surface area contributed by atoms with Crippen molar-refractivity contribution in [3.05, 3.63) is 59.7 Å². The van der Waals surface area contributed by atoms with Gasteiger partial charge >= 0.3 is 0 Å². The summed E-state index contributed by atoms with van der Waals surface area (Å²) < 4.78 is 28.6. The van der Waals surface area contributed by atoms with Gasteiger partial charge in [-0.1, -0.05) is 30.3 Å². The second kappa shape index (κ2) is 6.95. The first kappa shape index (κ1) is 15.8. The van der Waals surface area contributed by atoms with Crippen LogP contribution >= 0.6 is 0 Å². The third kappa shape index (κ3) is 4.49. The van der Waals surface area contributed by atoms with Crippen molar-refractivity contribution in [1.82, 2.24) is 4.83 Å². The first-order chi connectivity index (χ1) is 10.5. The Morgan fingerprint density at radius 1 is 1.23 bits per heavy atom. The number of benzene rings is 2. The second-order valence-electron chi connectivity index (χ2n) is 4.53. The number of nitrogens with one attached hydrogen (secondary N) is 1. The molecule has 0 atom stereocenters. The van der Waals surface area contributed by atoms with Gasteiger partial charge in [-0.25, -0.2) is 13.2 Å². The van der Waals surface area contributed by atoms with Crippen molar-refractivity contribution in [2.24, 2.45) is 5.10 Å². The van der Waals surface area contributed by atoms with E-state index >= 15 is 0 Å². The molecule has 0 aliphatic carbocycles. The molecule has 7 heteroatoms. The Hall–Kier alpha value is -2.54. The third-order valence-corrected chi connectivity index (χ3v) is 3.90. The maximum atomic E-state index is 11.9. The van der Waals surface area contributed by atoms with Gasteiger partial charge in [0.25, 0.3) is 10.0 Å². The van der Waals surface area contributed by atoms with Crippen LogP contribution < -0.4 is 9.57 Å². The molecule has 2 N–H and O–H groups in total. The Labute approximate surface area is 129 Å². The molecule has 0 aliphatic rings. The van der Waals surface area contributed by atoms with Crippen molar-refractivity contribution in [3.63, 3.8) is 0 Å². The molecule has 0 heterocycles. The summed E-state index contributed by atoms with van der Waals surface area (Å²) in [5.41, 5.74) is 1.22. The Kier molecular flexibility index (Phi) is 5.00. The highest BCUT2D eigenvalue weighted by atomic mass is 32.2. The molecule has 0 saturated carbocycles. The molecular formula is C15H16N2O4S. The number of hydrazone groups is 1. The summed E-state index contributed by atoms with van der Waals surface area (Å²) >= 11 is 0. The topological polar surface area (TPSA) is 88.0 Å². The monoisotopic (exact) mass is 320 g/mol. The second-order valence-corrected chi connectivity index (χ2v) is 6.23. The van der Waals surface area contributed by atoms with Crippen molar-refractivity contribution < 1.29 is 18.3 Å². The molecule has 0 aliphatic heterocycles. The summed E-state index contributed by atoms with van der Waals surface area (Å²) in [6.07, 6.45) is 1.31. The van der Waals surface area contributed by atoms with Crippen LogP contribution in [0.3, 0.4) is 0 Å². The molecule has 2 aromatic rings. The van der Waals surface area contributed by atoms with Gasteiger partial charge in [0.2, 0.25) is 0 Å². The van der Waals surface area contributed by atoms with Crippen LogP contribution in [0.5, 0.6) is 11.5 Å². The average molecular weight is 320 g/mol. The number of phenols is 1. The molecule has 0 bridgehead atoms. The number of phenolic OH excluding ortho intramolecular Hbond substituents is 1. The molecule has 2 aromatic carbocycles. The van der Waals surface area contributed by atoms with Crippen LogP contribution in [0.4, 0.5) is 0 Å². The normalized spacial score (nSPS) is 11.5. The third-order valence-electron chi connectivity index (χ3n) is 2.81. The number of nitrogens with zero attached hydrogens (tertiary/aromatic N) is 1. The van der Waals surface area contributed by atoms with Gasteiger partial charge in [0.05, 0.1) is 19.1 Å². The lowest BCUT2D eigenvalue weighted by Gasteiger charge is -2.04. The molecule has 2 rings (SSSR count). The summed E-state index contributed by atoms with van der Waals surface area (Å²) in [4.78, 5) is 2.13. The zero-order valence-corrected chi connectivity index (χ0v) is 12.7. The molecule has 6 nitrogen and oxygen atoms in total. The van der Waals surface area contributed by atoms with Crippen molar-refractivity contribution >= 4 is 16.2 Å². The number of ether oxygens (including phenoxy) is 1. The molecule has 0 spiro atoms. The predicted octanol–water partition coefficient (Wildman–Crippen LogP) is 1.85. The van der Waals surface area contributed by atoms with E-state index in [0.29, 0.717) is 16.9 Å². The summed E-state index contributed by atoms with van der Waals surface area (Å²) in [5, 5.41) is 13.3. The fourth-order valence-electron chi connectivity index (χ4n) is 1.79. The van der Waals surface area contributed by atoms with Gasteiger partial charge in [-0.2, -0.15) is 5.10 Å². The van der Waals surface area contributed by atoms with Gasteiger partial charge < -0.3 is 9.84 Å². The molecule has 0 radical (unpaired) electrons. The number of hydrogen-bond acceptors (Lipinski definition) is 5. The van der Waals surface area contributed by atoms with Gasteiger partial charge in [0.1, 0.15) is 0 Å². The van der Waals surface area contributed by atoms with Gasteiger partial charge in [-0.05, 0) is 29.3 Å². The highest BCUT2D eigenvalue weighted by Crippen LogP contribution is 2.25. The number of aromatic hydroxyl groups is 1. The van der Waals surface area contributed by atoms with E-state index in [1.807, 2.05) is 6.07 Å². The summed E-state index contributed by atoms with van der Waals surface area (Å²) in [5.74, 6) is 0.138. The van der Waals surface area contributed by atoms with Crippen molar-refractivity contribution in [2.75, 3.05) is 7.11 Å². The minimum Gasteiger partial charge on any atom is -0.504 e. The summed E-state index contributed by atoms with van der Waals surface area (Å²) in [7, 11) is -2.12. The molecule has 0 saturated heterocycles. The largest absolute Gasteiger partial charge is 0.504 e. The maximum Gasteiger partial charge on any atom is 0.251 e. The van der Waals surface area contributed by atoms with Crippen LogP contribution in [0.25, 0.3) is 0 Å². The molecule has 22 heavy (non-hydrogen) atoms. The van der Waals surface area contributed by atoms with E-state index in [-0.39, 0.29) is 11.5 Å². The number of sulfonamides is 1. The van der Waals surface area contributed by atoms with E-state index in [4.69, 9.17) is 4.74 Å². The Morgan fingerprint density at radius 2 is 1.95 bits per heavy atom. The molecule has 0 aromatic heterocycles. The molecule has 0 amide bonds. The van der Waals surface area contributed by atoms with Crippen LogP contribution in [0.2, 0.25) is 0 Å². The lowest BCUT2D eigenvalue weighted by Crippen LogP contribution is -2.20. The minimum absolute atomic E-state index is 0.0430.